The van der Waals surface area contributed by atoms with Gasteiger partial charge in [-0.05, 0) is 11.8 Å². The Balaban J connectivity index is 0. The smallest absolute Gasteiger partial charge is 0.741 e. The van der Waals surface area contributed by atoms with E-state index < -0.39 is 15.6 Å². The molecule has 1 heterocycles. The molecule has 0 saturated heterocycles. The molecule has 2 aromatic rings. The van der Waals surface area contributed by atoms with Gasteiger partial charge in [-0.25, -0.2) is 8.42 Å². The van der Waals surface area contributed by atoms with Crippen molar-refractivity contribution in [3.63, 3.8) is 0 Å². The van der Waals surface area contributed by atoms with Crippen molar-refractivity contribution in [2.75, 3.05) is 7.05 Å². The van der Waals surface area contributed by atoms with Gasteiger partial charge in [0.15, 0.2) is 10.1 Å². The summed E-state index contributed by atoms with van der Waals surface area (Å²) in [5.74, 6) is 0. The maximum Gasteiger partial charge on any atom is 2.00 e. The monoisotopic (exact) mass is 529 g/mol. The van der Waals surface area contributed by atoms with Gasteiger partial charge in [-0.2, -0.15) is 18.1 Å². The number of aromatic nitrogens is 1. The molecule has 0 aliphatic heterocycles. The molecule has 1 aliphatic carbocycles. The topological polar surface area (TPSA) is 99.5 Å². The van der Waals surface area contributed by atoms with Gasteiger partial charge < -0.3 is 9.54 Å². The Hall–Kier alpha value is -2.23. The fraction of sp³-hybridized carbons (Fsp3) is 0.158. The third kappa shape index (κ3) is 13.9. The third-order valence-electron chi connectivity index (χ3n) is 2.75. The van der Waals surface area contributed by atoms with E-state index in [1.54, 1.807) is 6.20 Å². The zero-order chi connectivity index (χ0) is 22.3. The minimum absolute atomic E-state index is 0. The molecule has 1 radical (unpaired) electrons. The number of nitroso groups, excluding NO2 is 1. The van der Waals surface area contributed by atoms with Crippen LogP contribution >= 0.6 is 0 Å². The van der Waals surface area contributed by atoms with E-state index in [1.807, 2.05) is 61.1 Å². The summed E-state index contributed by atoms with van der Waals surface area (Å²) in [7, 11) is -4.90. The summed E-state index contributed by atoms with van der Waals surface area (Å²) in [4.78, 5) is 12.8. The van der Waals surface area contributed by atoms with Crippen LogP contribution in [-0.2, 0) is 29.6 Å². The Morgan fingerprint density at radius 2 is 1.60 bits per heavy atom. The fourth-order valence-corrected chi connectivity index (χ4v) is 1.50. The summed E-state index contributed by atoms with van der Waals surface area (Å²) < 4.78 is 58.9. The van der Waals surface area contributed by atoms with Crippen molar-refractivity contribution in [1.82, 2.24) is 4.98 Å². The summed E-state index contributed by atoms with van der Waals surface area (Å²) in [6.45, 7) is 2.05. The second-order valence-corrected chi connectivity index (χ2v) is 6.41. The van der Waals surface area contributed by atoms with E-state index in [2.05, 4.69) is 29.2 Å². The Morgan fingerprint density at radius 3 is 1.90 bits per heavy atom. The molecule has 11 heteroatoms. The number of rotatable bonds is 1. The average Bonchev–Trinajstić information content (AvgIpc) is 3.23. The van der Waals surface area contributed by atoms with Gasteiger partial charge in [0, 0.05) is 12.6 Å². The van der Waals surface area contributed by atoms with Crippen LogP contribution in [0, 0.1) is 24.3 Å². The van der Waals surface area contributed by atoms with E-state index in [9.17, 15) is 13.2 Å². The normalized spacial score (nSPS) is 11.4. The molecule has 0 amide bonds. The standard InChI is InChI=1S/C12H10N.C5H5.CHF3O3S.CH3NO.Ru/c1-10-5-7-11(8-6-10)12-4-2-3-9-13-12;1-2-4-5-3-1;2-1(3,4)8(5,6)7;1-2-3;/h2-7,9H,1H3;1-5H;(H,5,6,7);1H3;/q-1;;;;+2/p-1. The van der Waals surface area contributed by atoms with Crippen molar-refractivity contribution >= 4 is 10.1 Å². The number of aryl methyl sites for hydroxylation is 1. The van der Waals surface area contributed by atoms with Gasteiger partial charge in [0.1, 0.15) is 0 Å². The zero-order valence-corrected chi connectivity index (χ0v) is 18.4. The van der Waals surface area contributed by atoms with E-state index >= 15 is 0 Å². The van der Waals surface area contributed by atoms with Crippen LogP contribution in [0.1, 0.15) is 5.56 Å². The second-order valence-electron chi connectivity index (χ2n) is 5.04. The van der Waals surface area contributed by atoms with Gasteiger partial charge in [0.05, 0.1) is 7.05 Å². The van der Waals surface area contributed by atoms with Crippen molar-refractivity contribution in [1.29, 1.82) is 0 Å². The predicted molar refractivity (Wildman–Crippen MR) is 103 cm³/mol. The molecule has 6 nitrogen and oxygen atoms in total. The summed E-state index contributed by atoms with van der Waals surface area (Å²) in [6.07, 6.45) is 11.8. The van der Waals surface area contributed by atoms with Crippen LogP contribution in [0.4, 0.5) is 13.2 Å². The van der Waals surface area contributed by atoms with E-state index in [1.165, 1.54) is 12.6 Å². The molecule has 1 aromatic carbocycles. The Kier molecular flexibility index (Phi) is 15.6. The maximum absolute atomic E-state index is 10.7. The minimum atomic E-state index is -6.09. The Bertz CT molecular complexity index is 876. The molecule has 0 unspecified atom stereocenters. The Labute approximate surface area is 186 Å². The summed E-state index contributed by atoms with van der Waals surface area (Å²) >= 11 is 0. The molecule has 0 N–H and O–H groups in total. The van der Waals surface area contributed by atoms with Gasteiger partial charge in [-0.1, -0.05) is 48.5 Å². The van der Waals surface area contributed by atoms with Crippen molar-refractivity contribution in [3.05, 3.63) is 89.9 Å². The summed E-state index contributed by atoms with van der Waals surface area (Å²) in [6, 6.07) is 15.2. The van der Waals surface area contributed by atoms with E-state index in [-0.39, 0.29) is 19.5 Å². The van der Waals surface area contributed by atoms with Crippen molar-refractivity contribution in [2.45, 2.75) is 12.4 Å². The number of hydrogen-bond acceptors (Lipinski definition) is 6. The van der Waals surface area contributed by atoms with Gasteiger partial charge in [0.2, 0.25) is 0 Å². The van der Waals surface area contributed by atoms with Gasteiger partial charge in [-0.3, -0.25) is 0 Å². The van der Waals surface area contributed by atoms with Gasteiger partial charge >= 0.3 is 25.0 Å². The fourth-order valence-electron chi connectivity index (χ4n) is 1.50. The first-order valence-electron chi connectivity index (χ1n) is 7.83. The van der Waals surface area contributed by atoms with Crippen LogP contribution < -0.4 is 0 Å². The van der Waals surface area contributed by atoms with Gasteiger partial charge in [0.25, 0.3) is 0 Å². The molecule has 0 spiro atoms. The number of hydrogen-bond donors (Lipinski definition) is 0. The molecular weight excluding hydrogens is 510 g/mol. The summed E-state index contributed by atoms with van der Waals surface area (Å²) in [5.41, 5.74) is -2.40. The van der Waals surface area contributed by atoms with Gasteiger partial charge in [-0.15, -0.1) is 35.4 Å². The molecule has 1 aliphatic rings. The van der Waals surface area contributed by atoms with Crippen LogP contribution in [0.2, 0.25) is 0 Å². The largest absolute Gasteiger partial charge is 2.00 e. The maximum atomic E-state index is 10.7. The molecular formula is C19H18F3N2O4RuS. The zero-order valence-electron chi connectivity index (χ0n) is 15.9. The second kappa shape index (κ2) is 15.6. The predicted octanol–water partition coefficient (Wildman–Crippen LogP) is 4.61. The van der Waals surface area contributed by atoms with Crippen LogP contribution in [0.3, 0.4) is 0 Å². The number of benzene rings is 1. The molecule has 1 aromatic heterocycles. The van der Waals surface area contributed by atoms with Crippen LogP contribution in [0.25, 0.3) is 11.3 Å². The first-order valence-corrected chi connectivity index (χ1v) is 9.23. The third-order valence-corrected chi connectivity index (χ3v) is 3.32. The number of nitrogens with zero attached hydrogens (tertiary/aromatic N) is 2. The quantitative estimate of drug-likeness (QED) is 0.177. The minimum Gasteiger partial charge on any atom is -0.741 e. The molecule has 0 bridgehead atoms. The van der Waals surface area contributed by atoms with Crippen molar-refractivity contribution in [3.8, 4) is 11.3 Å². The number of allylic oxidation sites excluding steroid dienone is 4. The molecule has 0 fully saturated rings. The molecule has 0 saturated carbocycles. The summed E-state index contributed by atoms with van der Waals surface area (Å²) in [5, 5.41) is 2.25. The molecule has 30 heavy (non-hydrogen) atoms. The van der Waals surface area contributed by atoms with E-state index in [4.69, 9.17) is 17.9 Å². The first kappa shape index (κ1) is 30.0. The van der Waals surface area contributed by atoms with E-state index in [0.717, 1.165) is 11.3 Å². The first-order chi connectivity index (χ1) is 13.5. The SMILES string of the molecule is CN=O.Cc1c[c-]c(-c2ccccn2)cc1.O=S(=O)([O-])C(F)(F)F.[CH]1C=CC=C1.[Ru+2]. The number of alkyl halides is 3. The van der Waals surface area contributed by atoms with Crippen molar-refractivity contribution in [2.24, 2.45) is 5.18 Å². The van der Waals surface area contributed by atoms with Crippen LogP contribution in [0.5, 0.6) is 0 Å². The molecule has 3 rings (SSSR count). The van der Waals surface area contributed by atoms with Crippen LogP contribution in [-0.4, -0.2) is 30.5 Å². The number of pyridine rings is 1. The molecule has 163 valence electrons. The van der Waals surface area contributed by atoms with Crippen LogP contribution in [0.15, 0.2) is 72.1 Å². The van der Waals surface area contributed by atoms with Crippen molar-refractivity contribution < 1.29 is 45.6 Å². The number of halogens is 3. The van der Waals surface area contributed by atoms with E-state index in [0.29, 0.717) is 0 Å². The Morgan fingerprint density at radius 1 is 1.07 bits per heavy atom. The molecule has 0 atom stereocenters. The average molecular weight is 528 g/mol.